The van der Waals surface area contributed by atoms with E-state index in [2.05, 4.69) is 4.18 Å². The zero-order valence-electron chi connectivity index (χ0n) is 11.9. The van der Waals surface area contributed by atoms with Crippen LogP contribution in [0.3, 0.4) is 0 Å². The quantitative estimate of drug-likeness (QED) is 0.724. The first-order valence-electron chi connectivity index (χ1n) is 6.04. The molecule has 0 N–H and O–H groups in total. The van der Waals surface area contributed by atoms with Crippen LogP contribution in [-0.4, -0.2) is 56.4 Å². The van der Waals surface area contributed by atoms with E-state index in [1.54, 1.807) is 20.8 Å². The van der Waals surface area contributed by atoms with E-state index in [0.717, 1.165) is 4.90 Å². The number of nitrogens with zero attached hydrogens (tertiary/aromatic N) is 1. The lowest BCUT2D eigenvalue weighted by molar-refractivity contribution is -0.132. The highest BCUT2D eigenvalue weighted by Gasteiger charge is 2.48. The molecule has 20 heavy (non-hydrogen) atoms. The summed E-state index contributed by atoms with van der Waals surface area (Å²) in [4.78, 5) is 12.8. The van der Waals surface area contributed by atoms with Gasteiger partial charge in [-0.3, -0.25) is 4.18 Å². The molecule has 1 amide bonds. The number of amides is 1. The van der Waals surface area contributed by atoms with E-state index in [0.29, 0.717) is 6.26 Å². The lowest BCUT2D eigenvalue weighted by atomic mass is 10.0. The van der Waals surface area contributed by atoms with Crippen molar-refractivity contribution in [1.29, 1.82) is 0 Å². The second-order valence-corrected chi connectivity index (χ2v) is 7.33. The van der Waals surface area contributed by atoms with Crippen molar-refractivity contribution in [2.45, 2.75) is 44.8 Å². The molecule has 0 aliphatic carbocycles. The van der Waals surface area contributed by atoms with Crippen LogP contribution in [0.25, 0.3) is 0 Å². The summed E-state index contributed by atoms with van der Waals surface area (Å²) < 4.78 is 58.7. The van der Waals surface area contributed by atoms with Crippen LogP contribution in [0.15, 0.2) is 0 Å². The van der Waals surface area contributed by atoms with Gasteiger partial charge in [0, 0.05) is 13.0 Å². The van der Waals surface area contributed by atoms with E-state index in [4.69, 9.17) is 4.74 Å². The lowest BCUT2D eigenvalue weighted by Crippen LogP contribution is -2.54. The summed E-state index contributed by atoms with van der Waals surface area (Å²) in [7, 11) is -4.04. The number of carbonyl (C=O) groups excluding carboxylic acids is 1. The Bertz CT molecular complexity index is 472. The molecular formula is C11H19F2NO5S. The Morgan fingerprint density at radius 1 is 1.35 bits per heavy atom. The van der Waals surface area contributed by atoms with Gasteiger partial charge in [-0.1, -0.05) is 0 Å². The van der Waals surface area contributed by atoms with Gasteiger partial charge in [0.1, 0.15) is 5.60 Å². The molecular weight excluding hydrogens is 296 g/mol. The molecule has 118 valence electrons. The molecule has 9 heteroatoms. The highest BCUT2D eigenvalue weighted by molar-refractivity contribution is 7.86. The molecule has 1 aliphatic rings. The number of carbonyl (C=O) groups is 1. The molecule has 1 fully saturated rings. The van der Waals surface area contributed by atoms with Crippen LogP contribution in [0, 0.1) is 0 Å². The third-order valence-electron chi connectivity index (χ3n) is 2.51. The Kier molecular flexibility index (Phi) is 4.65. The van der Waals surface area contributed by atoms with Crippen molar-refractivity contribution in [2.75, 3.05) is 19.3 Å². The van der Waals surface area contributed by atoms with Crippen LogP contribution >= 0.6 is 0 Å². The Hall–Kier alpha value is -0.960. The summed E-state index contributed by atoms with van der Waals surface area (Å²) >= 11 is 0. The number of rotatable bonds is 2. The normalized spacial score (nSPS) is 23.5. The van der Waals surface area contributed by atoms with Gasteiger partial charge < -0.3 is 9.64 Å². The fraction of sp³-hybridized carbons (Fsp3) is 0.909. The minimum atomic E-state index is -4.04. The standard InChI is InChI=1S/C11H19F2NO5S/c1-10(2,3)18-9(15)14-6-5-11(12,13)8(7-14)19-20(4,16)17/h8H,5-7H2,1-4H3/t8-/m1/s1. The molecule has 1 atom stereocenters. The highest BCUT2D eigenvalue weighted by Crippen LogP contribution is 2.32. The molecule has 0 aromatic heterocycles. The fourth-order valence-electron chi connectivity index (χ4n) is 1.67. The lowest BCUT2D eigenvalue weighted by Gasteiger charge is -2.37. The van der Waals surface area contributed by atoms with E-state index in [-0.39, 0.29) is 6.54 Å². The molecule has 0 aromatic rings. The van der Waals surface area contributed by atoms with Gasteiger partial charge in [-0.05, 0) is 20.8 Å². The smallest absolute Gasteiger partial charge is 0.410 e. The molecule has 0 bridgehead atoms. The van der Waals surface area contributed by atoms with Gasteiger partial charge >= 0.3 is 6.09 Å². The van der Waals surface area contributed by atoms with E-state index in [9.17, 15) is 22.0 Å². The minimum absolute atomic E-state index is 0.217. The van der Waals surface area contributed by atoms with Crippen LogP contribution in [-0.2, 0) is 19.0 Å². The van der Waals surface area contributed by atoms with E-state index in [1.807, 2.05) is 0 Å². The molecule has 0 aromatic carbocycles. The van der Waals surface area contributed by atoms with Crippen molar-refractivity contribution in [3.8, 4) is 0 Å². The molecule has 1 aliphatic heterocycles. The maximum atomic E-state index is 13.6. The number of likely N-dealkylation sites (tertiary alicyclic amines) is 1. The SMILES string of the molecule is CC(C)(C)OC(=O)N1CCC(F)(F)[C@H](OS(C)(=O)=O)C1. The molecule has 0 spiro atoms. The van der Waals surface area contributed by atoms with Crippen molar-refractivity contribution >= 4 is 16.2 Å². The largest absolute Gasteiger partial charge is 0.444 e. The average molecular weight is 315 g/mol. The average Bonchev–Trinajstić information content (AvgIpc) is 2.16. The fourth-order valence-corrected chi connectivity index (χ4v) is 2.30. The predicted octanol–water partition coefficient (Wildman–Crippen LogP) is 1.61. The molecule has 1 saturated heterocycles. The summed E-state index contributed by atoms with van der Waals surface area (Å²) in [5.41, 5.74) is -0.760. The van der Waals surface area contributed by atoms with E-state index >= 15 is 0 Å². The second-order valence-electron chi connectivity index (χ2n) is 5.73. The highest BCUT2D eigenvalue weighted by atomic mass is 32.2. The number of ether oxygens (including phenoxy) is 1. The van der Waals surface area contributed by atoms with Gasteiger partial charge in [0.2, 0.25) is 0 Å². The zero-order valence-corrected chi connectivity index (χ0v) is 12.7. The first-order chi connectivity index (χ1) is 8.80. The van der Waals surface area contributed by atoms with Crippen LogP contribution in [0.5, 0.6) is 0 Å². The summed E-state index contributed by atoms with van der Waals surface area (Å²) in [5, 5.41) is 0. The van der Waals surface area contributed by atoms with Crippen molar-refractivity contribution in [1.82, 2.24) is 4.90 Å². The van der Waals surface area contributed by atoms with Gasteiger partial charge in [-0.25, -0.2) is 13.6 Å². The predicted molar refractivity (Wildman–Crippen MR) is 67.1 cm³/mol. The first-order valence-corrected chi connectivity index (χ1v) is 7.86. The van der Waals surface area contributed by atoms with Gasteiger partial charge in [0.15, 0.2) is 6.10 Å². The molecule has 0 saturated carbocycles. The minimum Gasteiger partial charge on any atom is -0.444 e. The molecule has 6 nitrogen and oxygen atoms in total. The zero-order chi connectivity index (χ0) is 15.8. The van der Waals surface area contributed by atoms with Gasteiger partial charge in [-0.2, -0.15) is 8.42 Å². The summed E-state index contributed by atoms with van der Waals surface area (Å²) in [6.07, 6.45) is -2.64. The van der Waals surface area contributed by atoms with E-state index < -0.39 is 46.8 Å². The third-order valence-corrected chi connectivity index (χ3v) is 3.10. The molecule has 0 unspecified atom stereocenters. The van der Waals surface area contributed by atoms with Crippen LogP contribution in [0.4, 0.5) is 13.6 Å². The van der Waals surface area contributed by atoms with Crippen molar-refractivity contribution in [2.24, 2.45) is 0 Å². The third kappa shape index (κ3) is 5.20. The van der Waals surface area contributed by atoms with E-state index in [1.165, 1.54) is 0 Å². The topological polar surface area (TPSA) is 72.9 Å². The Morgan fingerprint density at radius 3 is 2.35 bits per heavy atom. The summed E-state index contributed by atoms with van der Waals surface area (Å²) in [6, 6.07) is 0. The van der Waals surface area contributed by atoms with Crippen molar-refractivity contribution in [3.05, 3.63) is 0 Å². The number of halogens is 2. The second kappa shape index (κ2) is 5.44. The maximum absolute atomic E-state index is 13.6. The summed E-state index contributed by atoms with van der Waals surface area (Å²) in [6.45, 7) is 4.19. The molecule has 0 radical (unpaired) electrons. The summed E-state index contributed by atoms with van der Waals surface area (Å²) in [5.74, 6) is -3.30. The van der Waals surface area contributed by atoms with Gasteiger partial charge in [-0.15, -0.1) is 0 Å². The van der Waals surface area contributed by atoms with Crippen LogP contribution in [0.1, 0.15) is 27.2 Å². The Balaban J connectivity index is 2.78. The Morgan fingerprint density at radius 2 is 1.90 bits per heavy atom. The monoisotopic (exact) mass is 315 g/mol. The van der Waals surface area contributed by atoms with Gasteiger partial charge in [0.05, 0.1) is 12.8 Å². The number of hydrogen-bond donors (Lipinski definition) is 0. The van der Waals surface area contributed by atoms with Crippen molar-refractivity contribution < 1.29 is 30.9 Å². The van der Waals surface area contributed by atoms with Gasteiger partial charge in [0.25, 0.3) is 16.0 Å². The number of piperidine rings is 1. The Labute approximate surface area is 117 Å². The molecule has 1 rings (SSSR count). The van der Waals surface area contributed by atoms with Crippen LogP contribution in [0.2, 0.25) is 0 Å². The molecule has 1 heterocycles. The number of hydrogen-bond acceptors (Lipinski definition) is 5. The first kappa shape index (κ1) is 17.1. The maximum Gasteiger partial charge on any atom is 0.410 e. The van der Waals surface area contributed by atoms with Crippen LogP contribution < -0.4 is 0 Å². The number of alkyl halides is 2. The van der Waals surface area contributed by atoms with Crippen molar-refractivity contribution in [3.63, 3.8) is 0 Å².